The van der Waals surface area contributed by atoms with Crippen molar-refractivity contribution in [3.05, 3.63) is 78.4 Å². The van der Waals surface area contributed by atoms with Crippen molar-refractivity contribution in [2.75, 3.05) is 30.2 Å². The number of nitrogens with one attached hydrogen (secondary N) is 3. The predicted octanol–water partition coefficient (Wildman–Crippen LogP) is 4.60. The minimum absolute atomic E-state index is 0.280. The lowest BCUT2D eigenvalue weighted by molar-refractivity contribution is 0.102. The molecule has 0 fully saturated rings. The molecule has 0 saturated heterocycles. The van der Waals surface area contributed by atoms with Gasteiger partial charge in [0, 0.05) is 28.7 Å². The minimum atomic E-state index is -0.362. The van der Waals surface area contributed by atoms with Gasteiger partial charge in [0.1, 0.15) is 0 Å². The van der Waals surface area contributed by atoms with Crippen molar-refractivity contribution in [2.45, 2.75) is 0 Å². The van der Waals surface area contributed by atoms with Crippen LogP contribution in [-0.4, -0.2) is 26.2 Å². The van der Waals surface area contributed by atoms with Crippen LogP contribution in [0.5, 0.6) is 11.5 Å². The van der Waals surface area contributed by atoms with Crippen LogP contribution in [-0.2, 0) is 0 Å². The highest BCUT2D eigenvalue weighted by Gasteiger charge is 2.10. The second kappa shape index (κ2) is 9.27. The summed E-state index contributed by atoms with van der Waals surface area (Å²) in [6, 6.07) is 20.5. The molecule has 29 heavy (non-hydrogen) atoms. The molecule has 0 aliphatic rings. The SMILES string of the molecule is COc1ccc(NC(=O)c2ccc(NC(=O)Nc3ccccc3)cc2)cc1OC. The number of methoxy groups -OCH3 is 2. The number of carbonyl (C=O) groups is 2. The van der Waals surface area contributed by atoms with Gasteiger partial charge in [-0.15, -0.1) is 0 Å². The van der Waals surface area contributed by atoms with Gasteiger partial charge in [-0.1, -0.05) is 18.2 Å². The Morgan fingerprint density at radius 1 is 0.655 bits per heavy atom. The van der Waals surface area contributed by atoms with E-state index in [0.29, 0.717) is 34.1 Å². The van der Waals surface area contributed by atoms with Gasteiger partial charge in [0.2, 0.25) is 0 Å². The number of amides is 3. The molecule has 0 aliphatic carbocycles. The summed E-state index contributed by atoms with van der Waals surface area (Å²) >= 11 is 0. The number of anilines is 3. The molecule has 3 N–H and O–H groups in total. The minimum Gasteiger partial charge on any atom is -0.493 e. The normalized spacial score (nSPS) is 10.0. The summed E-state index contributed by atoms with van der Waals surface area (Å²) in [5.41, 5.74) is 2.29. The summed E-state index contributed by atoms with van der Waals surface area (Å²) < 4.78 is 10.4. The van der Waals surface area contributed by atoms with Gasteiger partial charge in [0.25, 0.3) is 5.91 Å². The Morgan fingerprint density at radius 3 is 1.86 bits per heavy atom. The first-order valence-electron chi connectivity index (χ1n) is 8.85. The Hall–Kier alpha value is -4.00. The van der Waals surface area contributed by atoms with Crippen molar-refractivity contribution in [3.63, 3.8) is 0 Å². The third-order valence-electron chi connectivity index (χ3n) is 4.08. The summed E-state index contributed by atoms with van der Waals surface area (Å²) in [6.07, 6.45) is 0. The van der Waals surface area contributed by atoms with E-state index in [-0.39, 0.29) is 11.9 Å². The molecule has 3 rings (SSSR count). The average Bonchev–Trinajstić information content (AvgIpc) is 2.74. The maximum Gasteiger partial charge on any atom is 0.323 e. The molecule has 7 nitrogen and oxygen atoms in total. The molecule has 3 aromatic carbocycles. The maximum absolute atomic E-state index is 12.5. The van der Waals surface area contributed by atoms with Crippen LogP contribution >= 0.6 is 0 Å². The van der Waals surface area contributed by atoms with Gasteiger partial charge >= 0.3 is 6.03 Å². The highest BCUT2D eigenvalue weighted by molar-refractivity contribution is 6.05. The summed E-state index contributed by atoms with van der Waals surface area (Å²) in [5.74, 6) is 0.821. The van der Waals surface area contributed by atoms with Crippen molar-refractivity contribution >= 4 is 29.0 Å². The van der Waals surface area contributed by atoms with E-state index in [0.717, 1.165) is 0 Å². The molecule has 0 unspecified atom stereocenters. The van der Waals surface area contributed by atoms with Gasteiger partial charge in [0.15, 0.2) is 11.5 Å². The van der Waals surface area contributed by atoms with Crippen LogP contribution in [0.25, 0.3) is 0 Å². The van der Waals surface area contributed by atoms with E-state index in [9.17, 15) is 9.59 Å². The van der Waals surface area contributed by atoms with Crippen LogP contribution in [0.3, 0.4) is 0 Å². The van der Waals surface area contributed by atoms with Gasteiger partial charge in [-0.05, 0) is 48.5 Å². The van der Waals surface area contributed by atoms with Crippen molar-refractivity contribution in [3.8, 4) is 11.5 Å². The summed E-state index contributed by atoms with van der Waals surface area (Å²) in [4.78, 5) is 24.5. The molecule has 0 spiro atoms. The Balaban J connectivity index is 1.60. The predicted molar refractivity (Wildman–Crippen MR) is 113 cm³/mol. The molecule has 0 radical (unpaired) electrons. The monoisotopic (exact) mass is 391 g/mol. The molecule has 7 heteroatoms. The lowest BCUT2D eigenvalue weighted by Gasteiger charge is -2.11. The Bertz CT molecular complexity index is 989. The fraction of sp³-hybridized carbons (Fsp3) is 0.0909. The number of hydrogen-bond donors (Lipinski definition) is 3. The third kappa shape index (κ3) is 5.26. The second-order valence-corrected chi connectivity index (χ2v) is 6.05. The number of urea groups is 1. The summed E-state index contributed by atoms with van der Waals surface area (Å²) in [6.45, 7) is 0. The highest BCUT2D eigenvalue weighted by Crippen LogP contribution is 2.30. The van der Waals surface area contributed by atoms with Gasteiger partial charge in [-0.2, -0.15) is 0 Å². The fourth-order valence-corrected chi connectivity index (χ4v) is 2.64. The van der Waals surface area contributed by atoms with Crippen molar-refractivity contribution < 1.29 is 19.1 Å². The standard InChI is InChI=1S/C22H21N3O4/c1-28-19-13-12-18(14-20(19)29-2)23-21(26)15-8-10-17(11-9-15)25-22(27)24-16-6-4-3-5-7-16/h3-14H,1-2H3,(H,23,26)(H2,24,25,27). The number of benzene rings is 3. The molecule has 3 aromatic rings. The van der Waals surface area contributed by atoms with E-state index < -0.39 is 0 Å². The lowest BCUT2D eigenvalue weighted by atomic mass is 10.2. The Morgan fingerprint density at radius 2 is 1.24 bits per heavy atom. The smallest absolute Gasteiger partial charge is 0.323 e. The van der Waals surface area contributed by atoms with Crippen molar-refractivity contribution in [1.29, 1.82) is 0 Å². The first-order valence-corrected chi connectivity index (χ1v) is 8.85. The Labute approximate surface area is 168 Å². The first-order chi connectivity index (χ1) is 14.1. The van der Waals surface area contributed by atoms with Crippen LogP contribution in [0, 0.1) is 0 Å². The highest BCUT2D eigenvalue weighted by atomic mass is 16.5. The number of rotatable bonds is 6. The van der Waals surface area contributed by atoms with E-state index in [1.807, 2.05) is 18.2 Å². The van der Waals surface area contributed by atoms with Gasteiger partial charge in [-0.25, -0.2) is 4.79 Å². The van der Waals surface area contributed by atoms with E-state index in [1.165, 1.54) is 7.11 Å². The molecule has 0 atom stereocenters. The maximum atomic E-state index is 12.5. The molecular weight excluding hydrogens is 370 g/mol. The zero-order chi connectivity index (χ0) is 20.6. The first kappa shape index (κ1) is 19.8. The molecular formula is C22H21N3O4. The van der Waals surface area contributed by atoms with Crippen LogP contribution in [0.15, 0.2) is 72.8 Å². The van der Waals surface area contributed by atoms with Crippen LogP contribution < -0.4 is 25.4 Å². The fourth-order valence-electron chi connectivity index (χ4n) is 2.64. The average molecular weight is 391 g/mol. The number of hydrogen-bond acceptors (Lipinski definition) is 4. The molecule has 0 bridgehead atoms. The van der Waals surface area contributed by atoms with Gasteiger partial charge in [-0.3, -0.25) is 4.79 Å². The van der Waals surface area contributed by atoms with E-state index >= 15 is 0 Å². The number of carbonyl (C=O) groups excluding carboxylic acids is 2. The number of para-hydroxylation sites is 1. The van der Waals surface area contributed by atoms with Crippen LogP contribution in [0.4, 0.5) is 21.9 Å². The summed E-state index contributed by atoms with van der Waals surface area (Å²) in [5, 5.41) is 8.25. The van der Waals surface area contributed by atoms with Gasteiger partial charge < -0.3 is 25.4 Å². The molecule has 0 saturated carbocycles. The largest absolute Gasteiger partial charge is 0.493 e. The molecule has 0 heterocycles. The molecule has 148 valence electrons. The Kier molecular flexibility index (Phi) is 6.32. The molecule has 3 amide bonds. The van der Waals surface area contributed by atoms with E-state index in [2.05, 4.69) is 16.0 Å². The van der Waals surface area contributed by atoms with Crippen molar-refractivity contribution in [2.24, 2.45) is 0 Å². The summed E-state index contributed by atoms with van der Waals surface area (Å²) in [7, 11) is 3.08. The van der Waals surface area contributed by atoms with Crippen LogP contribution in [0.2, 0.25) is 0 Å². The van der Waals surface area contributed by atoms with Crippen LogP contribution in [0.1, 0.15) is 10.4 Å². The van der Waals surface area contributed by atoms with Gasteiger partial charge in [0.05, 0.1) is 14.2 Å². The van der Waals surface area contributed by atoms with E-state index in [4.69, 9.17) is 9.47 Å². The molecule has 0 aromatic heterocycles. The topological polar surface area (TPSA) is 88.7 Å². The zero-order valence-corrected chi connectivity index (χ0v) is 16.1. The lowest BCUT2D eigenvalue weighted by Crippen LogP contribution is -2.19. The van der Waals surface area contributed by atoms with Crippen molar-refractivity contribution in [1.82, 2.24) is 0 Å². The quantitative estimate of drug-likeness (QED) is 0.573. The van der Waals surface area contributed by atoms with E-state index in [1.54, 1.807) is 61.7 Å². The molecule has 0 aliphatic heterocycles. The third-order valence-corrected chi connectivity index (χ3v) is 4.08. The number of ether oxygens (including phenoxy) is 2. The zero-order valence-electron chi connectivity index (χ0n) is 16.1. The second-order valence-electron chi connectivity index (χ2n) is 6.05.